The predicted octanol–water partition coefficient (Wildman–Crippen LogP) is 2.03. The van der Waals surface area contributed by atoms with Crippen molar-refractivity contribution >= 4 is 29.1 Å². The second-order valence-electron chi connectivity index (χ2n) is 5.74. The number of ether oxygens (including phenoxy) is 1. The number of hydrogen-bond donors (Lipinski definition) is 1. The van der Waals surface area contributed by atoms with Gasteiger partial charge in [-0.05, 0) is 30.3 Å². The Morgan fingerprint density at radius 2 is 2.15 bits per heavy atom. The first-order chi connectivity index (χ1) is 12.8. The summed E-state index contributed by atoms with van der Waals surface area (Å²) in [6.07, 6.45) is 3.45. The molecule has 0 unspecified atom stereocenters. The van der Waals surface area contributed by atoms with Gasteiger partial charge in [-0.3, -0.25) is 9.78 Å². The summed E-state index contributed by atoms with van der Waals surface area (Å²) in [5.41, 5.74) is 3.30. The molecule has 9 heteroatoms. The van der Waals surface area contributed by atoms with E-state index in [0.717, 1.165) is 22.0 Å². The number of anilines is 1. The third kappa shape index (κ3) is 2.53. The van der Waals surface area contributed by atoms with E-state index >= 15 is 0 Å². The fraction of sp³-hybridized carbons (Fsp3) is 0.118. The molecule has 2 aliphatic heterocycles. The van der Waals surface area contributed by atoms with Gasteiger partial charge in [0, 0.05) is 29.3 Å². The van der Waals surface area contributed by atoms with Crippen molar-refractivity contribution in [2.75, 3.05) is 17.7 Å². The molecule has 5 rings (SSSR count). The number of pyridine rings is 1. The van der Waals surface area contributed by atoms with Gasteiger partial charge in [0.15, 0.2) is 12.4 Å². The van der Waals surface area contributed by atoms with Crippen LogP contribution in [0.1, 0.15) is 5.56 Å². The molecule has 2 aromatic heterocycles. The van der Waals surface area contributed by atoms with Crippen LogP contribution in [-0.2, 0) is 4.79 Å². The van der Waals surface area contributed by atoms with Gasteiger partial charge in [0.05, 0.1) is 11.4 Å². The molecule has 8 nitrogen and oxygen atoms in total. The van der Waals surface area contributed by atoms with Gasteiger partial charge in [0.2, 0.25) is 5.16 Å². The van der Waals surface area contributed by atoms with E-state index in [1.165, 1.54) is 0 Å². The van der Waals surface area contributed by atoms with Crippen molar-refractivity contribution in [1.29, 1.82) is 0 Å². The first kappa shape index (κ1) is 15.1. The Morgan fingerprint density at radius 3 is 3.04 bits per heavy atom. The van der Waals surface area contributed by atoms with Crippen LogP contribution in [0.25, 0.3) is 11.4 Å². The summed E-state index contributed by atoms with van der Waals surface area (Å²) in [6, 6.07) is 9.44. The van der Waals surface area contributed by atoms with E-state index in [1.54, 1.807) is 28.8 Å². The van der Waals surface area contributed by atoms with Gasteiger partial charge in [0.1, 0.15) is 5.75 Å². The number of fused-ring (bicyclic) bond motifs is 2. The van der Waals surface area contributed by atoms with E-state index < -0.39 is 0 Å². The highest BCUT2D eigenvalue weighted by molar-refractivity contribution is 7.99. The van der Waals surface area contributed by atoms with Crippen LogP contribution in [0.2, 0.25) is 0 Å². The maximum absolute atomic E-state index is 11.5. The average molecular weight is 364 g/mol. The minimum absolute atomic E-state index is 0.0433. The maximum Gasteiger partial charge on any atom is 0.262 e. The zero-order valence-corrected chi connectivity index (χ0v) is 14.2. The SMILES string of the molecule is O=C1COc2ccc(C3=Nn4c(nnc4-c4cccnc4)SC3)cc2N1. The number of amides is 1. The number of rotatable bonds is 2. The number of carbonyl (C=O) groups is 1. The lowest BCUT2D eigenvalue weighted by atomic mass is 10.1. The summed E-state index contributed by atoms with van der Waals surface area (Å²) < 4.78 is 7.14. The molecule has 0 atom stereocenters. The molecular formula is C17H12N6O2S. The van der Waals surface area contributed by atoms with Gasteiger partial charge in [-0.1, -0.05) is 11.8 Å². The Morgan fingerprint density at radius 1 is 1.19 bits per heavy atom. The van der Waals surface area contributed by atoms with Crippen LogP contribution in [0.4, 0.5) is 5.69 Å². The van der Waals surface area contributed by atoms with Gasteiger partial charge in [-0.2, -0.15) is 9.78 Å². The Bertz CT molecular complexity index is 1050. The topological polar surface area (TPSA) is 94.3 Å². The fourth-order valence-corrected chi connectivity index (χ4v) is 3.65. The van der Waals surface area contributed by atoms with Crippen molar-refractivity contribution < 1.29 is 9.53 Å². The Hall–Kier alpha value is -3.20. The Balaban J connectivity index is 1.56. The molecule has 3 aromatic rings. The highest BCUT2D eigenvalue weighted by atomic mass is 32.2. The number of aromatic nitrogens is 4. The summed E-state index contributed by atoms with van der Waals surface area (Å²) in [5, 5.41) is 16.7. The average Bonchev–Trinajstić information content (AvgIpc) is 3.11. The van der Waals surface area contributed by atoms with Crippen LogP contribution in [0, 0.1) is 0 Å². The molecule has 1 amide bonds. The van der Waals surface area contributed by atoms with E-state index in [-0.39, 0.29) is 12.5 Å². The van der Waals surface area contributed by atoms with Gasteiger partial charge in [-0.25, -0.2) is 0 Å². The molecular weight excluding hydrogens is 352 g/mol. The zero-order valence-electron chi connectivity index (χ0n) is 13.4. The van der Waals surface area contributed by atoms with E-state index in [9.17, 15) is 4.79 Å². The first-order valence-electron chi connectivity index (χ1n) is 7.91. The van der Waals surface area contributed by atoms with E-state index in [0.29, 0.717) is 23.0 Å². The Labute approximate surface area is 152 Å². The summed E-state index contributed by atoms with van der Waals surface area (Å²) in [5.74, 6) is 1.82. The molecule has 0 saturated heterocycles. The number of benzene rings is 1. The van der Waals surface area contributed by atoms with Crippen LogP contribution in [-0.4, -0.2) is 43.8 Å². The third-order valence-corrected chi connectivity index (χ3v) is 4.97. The van der Waals surface area contributed by atoms with Crippen molar-refractivity contribution in [2.45, 2.75) is 5.16 Å². The quantitative estimate of drug-likeness (QED) is 0.748. The van der Waals surface area contributed by atoms with Crippen LogP contribution >= 0.6 is 11.8 Å². The van der Waals surface area contributed by atoms with Crippen molar-refractivity contribution in [2.24, 2.45) is 5.10 Å². The van der Waals surface area contributed by atoms with Crippen molar-refractivity contribution in [3.8, 4) is 17.1 Å². The second kappa shape index (κ2) is 5.95. The number of nitrogens with zero attached hydrogens (tertiary/aromatic N) is 5. The summed E-state index contributed by atoms with van der Waals surface area (Å²) in [6.45, 7) is 0.0433. The normalized spacial score (nSPS) is 15.4. The van der Waals surface area contributed by atoms with Crippen molar-refractivity contribution in [3.05, 3.63) is 48.3 Å². The summed E-state index contributed by atoms with van der Waals surface area (Å²) in [4.78, 5) is 15.7. The minimum atomic E-state index is -0.158. The molecule has 0 radical (unpaired) electrons. The first-order valence-corrected chi connectivity index (χ1v) is 8.90. The van der Waals surface area contributed by atoms with Crippen molar-refractivity contribution in [3.63, 3.8) is 0 Å². The lowest BCUT2D eigenvalue weighted by Gasteiger charge is -2.19. The minimum Gasteiger partial charge on any atom is -0.482 e. The molecule has 0 spiro atoms. The number of hydrogen-bond acceptors (Lipinski definition) is 7. The molecule has 128 valence electrons. The standard InChI is InChI=1S/C17H12N6O2S/c24-15-8-25-14-4-3-10(6-12(14)19-15)13-9-26-17-21-20-16(23(17)22-13)11-2-1-5-18-7-11/h1-7H,8-9H2,(H,19,24). The molecule has 1 N–H and O–H groups in total. The van der Waals surface area contributed by atoms with Crippen LogP contribution in [0.15, 0.2) is 53.0 Å². The molecule has 4 heterocycles. The molecule has 2 aliphatic rings. The number of carbonyl (C=O) groups excluding carboxylic acids is 1. The van der Waals surface area contributed by atoms with Gasteiger partial charge in [0.25, 0.3) is 5.91 Å². The van der Waals surface area contributed by atoms with Gasteiger partial charge < -0.3 is 10.1 Å². The van der Waals surface area contributed by atoms with Crippen molar-refractivity contribution in [1.82, 2.24) is 19.9 Å². The number of nitrogens with one attached hydrogen (secondary N) is 1. The second-order valence-corrected chi connectivity index (χ2v) is 6.69. The monoisotopic (exact) mass is 364 g/mol. The van der Waals surface area contributed by atoms with E-state index in [4.69, 9.17) is 9.84 Å². The lowest BCUT2D eigenvalue weighted by molar-refractivity contribution is -0.118. The van der Waals surface area contributed by atoms with Gasteiger partial charge >= 0.3 is 0 Å². The molecule has 0 fully saturated rings. The largest absolute Gasteiger partial charge is 0.482 e. The smallest absolute Gasteiger partial charge is 0.262 e. The molecule has 0 aliphatic carbocycles. The zero-order chi connectivity index (χ0) is 17.5. The number of thioether (sulfide) groups is 1. The van der Waals surface area contributed by atoms with E-state index in [2.05, 4.69) is 20.5 Å². The van der Waals surface area contributed by atoms with E-state index in [1.807, 2.05) is 30.3 Å². The van der Waals surface area contributed by atoms with Crippen LogP contribution < -0.4 is 10.1 Å². The molecule has 0 saturated carbocycles. The molecule has 1 aromatic carbocycles. The van der Waals surface area contributed by atoms with Crippen LogP contribution in [0.3, 0.4) is 0 Å². The molecule has 26 heavy (non-hydrogen) atoms. The Kier molecular flexibility index (Phi) is 3.45. The predicted molar refractivity (Wildman–Crippen MR) is 96.5 cm³/mol. The van der Waals surface area contributed by atoms with Gasteiger partial charge in [-0.15, -0.1) is 10.2 Å². The van der Waals surface area contributed by atoms with Crippen LogP contribution in [0.5, 0.6) is 5.75 Å². The molecule has 0 bridgehead atoms. The third-order valence-electron chi connectivity index (χ3n) is 4.04. The maximum atomic E-state index is 11.5. The highest BCUT2D eigenvalue weighted by Gasteiger charge is 2.22. The summed E-state index contributed by atoms with van der Waals surface area (Å²) >= 11 is 1.56. The summed E-state index contributed by atoms with van der Waals surface area (Å²) in [7, 11) is 0. The lowest BCUT2D eigenvalue weighted by Crippen LogP contribution is -2.25. The fourth-order valence-electron chi connectivity index (χ4n) is 2.81. The highest BCUT2D eigenvalue weighted by Crippen LogP contribution is 2.32.